The first kappa shape index (κ1) is 32.9. The van der Waals surface area contributed by atoms with Crippen LogP contribution in [0.15, 0.2) is 202 Å². The molecule has 4 nitrogen and oxygen atoms in total. The van der Waals surface area contributed by atoms with E-state index in [0.29, 0.717) is 5.84 Å². The highest BCUT2D eigenvalue weighted by Gasteiger charge is 2.26. The summed E-state index contributed by atoms with van der Waals surface area (Å²) < 4.78 is 9.24. The number of thiophene rings is 1. The zero-order chi connectivity index (χ0) is 38.2. The molecule has 5 heteroatoms. The SMILES string of the molecule is c1ccc(C2=NC(c3cccc4c3sc3ccccc34)NC(c3ccc(-c4cc(-c5ccccc5)cc5oc6cc7ccccc7cc6c45)c4ccccc34)=N2)cc1. The van der Waals surface area contributed by atoms with Crippen molar-refractivity contribution in [3.63, 3.8) is 0 Å². The Kier molecular flexibility index (Phi) is 7.43. The molecule has 1 aliphatic rings. The van der Waals surface area contributed by atoms with E-state index in [-0.39, 0.29) is 6.17 Å². The number of furan rings is 1. The van der Waals surface area contributed by atoms with Crippen molar-refractivity contribution in [1.29, 1.82) is 0 Å². The van der Waals surface area contributed by atoms with E-state index in [4.69, 9.17) is 14.4 Å². The van der Waals surface area contributed by atoms with E-state index in [2.05, 4.69) is 175 Å². The highest BCUT2D eigenvalue weighted by molar-refractivity contribution is 7.26. The Balaban J connectivity index is 1.07. The van der Waals surface area contributed by atoms with Crippen LogP contribution in [0.5, 0.6) is 0 Å². The molecule has 9 aromatic carbocycles. The minimum absolute atomic E-state index is 0.341. The van der Waals surface area contributed by atoms with E-state index in [0.717, 1.165) is 82.9 Å². The van der Waals surface area contributed by atoms with Gasteiger partial charge in [-0.1, -0.05) is 158 Å². The molecule has 0 saturated heterocycles. The molecule has 1 aliphatic heterocycles. The van der Waals surface area contributed by atoms with Gasteiger partial charge in [-0.05, 0) is 74.1 Å². The number of benzene rings is 9. The fourth-order valence-corrected chi connectivity index (χ4v) is 10.0. The molecule has 1 atom stereocenters. The molecular weight excluding hydrogens is 727 g/mol. The van der Waals surface area contributed by atoms with Gasteiger partial charge in [0.05, 0.1) is 0 Å². The first-order valence-corrected chi connectivity index (χ1v) is 20.4. The summed E-state index contributed by atoms with van der Waals surface area (Å²) in [5, 5.41) is 13.2. The van der Waals surface area contributed by atoms with E-state index >= 15 is 0 Å². The maximum absolute atomic E-state index is 6.73. The maximum Gasteiger partial charge on any atom is 0.159 e. The second-order valence-electron chi connectivity index (χ2n) is 14.9. The van der Waals surface area contributed by atoms with E-state index in [1.165, 1.54) is 25.6 Å². The van der Waals surface area contributed by atoms with Gasteiger partial charge < -0.3 is 9.73 Å². The number of hydrogen-bond donors (Lipinski definition) is 1. The molecule has 0 fully saturated rings. The van der Waals surface area contributed by atoms with Crippen LogP contribution in [0, 0.1) is 0 Å². The molecule has 1 N–H and O–H groups in total. The van der Waals surface area contributed by atoms with Crippen LogP contribution in [0.1, 0.15) is 22.9 Å². The first-order chi connectivity index (χ1) is 28.7. The number of amidine groups is 2. The average molecular weight is 760 g/mol. The summed E-state index contributed by atoms with van der Waals surface area (Å²) in [6.07, 6.45) is -0.341. The van der Waals surface area contributed by atoms with Gasteiger partial charge >= 0.3 is 0 Å². The summed E-state index contributed by atoms with van der Waals surface area (Å²) >= 11 is 1.82. The number of hydrogen-bond acceptors (Lipinski definition) is 5. The van der Waals surface area contributed by atoms with Crippen molar-refractivity contribution in [3.05, 3.63) is 205 Å². The van der Waals surface area contributed by atoms with Crippen LogP contribution < -0.4 is 5.32 Å². The number of nitrogens with zero attached hydrogens (tertiary/aromatic N) is 2. The van der Waals surface area contributed by atoms with Gasteiger partial charge in [0.1, 0.15) is 23.2 Å². The molecule has 0 amide bonds. The van der Waals surface area contributed by atoms with Crippen LogP contribution in [-0.2, 0) is 0 Å². The fourth-order valence-electron chi connectivity index (χ4n) is 8.79. The average Bonchev–Trinajstić information content (AvgIpc) is 3.86. The normalized spacial score (nSPS) is 14.4. The standard InChI is InChI=1S/C53H33N3OS/c1-3-14-32(15-4-1)36-29-44(49-45-28-34-18-7-8-19-35(34)30-46(45)57-47(49)31-36)39-26-27-42(38-21-10-9-20-37(38)39)52-54-51(33-16-5-2-6-17-33)55-53(56-52)43-24-13-23-41-40-22-11-12-25-48(40)58-50(41)43/h1-31,53H,(H,54,55,56). The van der Waals surface area contributed by atoms with Crippen molar-refractivity contribution in [2.75, 3.05) is 0 Å². The Bertz CT molecular complexity index is 3490. The summed E-state index contributed by atoms with van der Waals surface area (Å²) in [5.74, 6) is 1.50. The maximum atomic E-state index is 6.73. The van der Waals surface area contributed by atoms with E-state index in [9.17, 15) is 0 Å². The molecule has 272 valence electrons. The van der Waals surface area contributed by atoms with E-state index in [1.807, 2.05) is 29.5 Å². The molecule has 12 rings (SSSR count). The Morgan fingerprint density at radius 2 is 1.12 bits per heavy atom. The van der Waals surface area contributed by atoms with Crippen LogP contribution in [0.25, 0.3) is 85.9 Å². The van der Waals surface area contributed by atoms with Gasteiger partial charge in [-0.25, -0.2) is 9.98 Å². The quantitative estimate of drug-likeness (QED) is 0.190. The lowest BCUT2D eigenvalue weighted by atomic mass is 9.89. The molecule has 11 aromatic rings. The third-order valence-corrected chi connectivity index (χ3v) is 12.8. The van der Waals surface area contributed by atoms with Crippen molar-refractivity contribution in [1.82, 2.24) is 5.32 Å². The zero-order valence-electron chi connectivity index (χ0n) is 31.2. The molecule has 58 heavy (non-hydrogen) atoms. The summed E-state index contributed by atoms with van der Waals surface area (Å²) in [6.45, 7) is 0. The monoisotopic (exact) mass is 759 g/mol. The third-order valence-electron chi connectivity index (χ3n) is 11.5. The van der Waals surface area contributed by atoms with Gasteiger partial charge in [-0.3, -0.25) is 0 Å². The number of rotatable bonds is 5. The van der Waals surface area contributed by atoms with Gasteiger partial charge in [0.15, 0.2) is 5.84 Å². The lowest BCUT2D eigenvalue weighted by Crippen LogP contribution is -2.33. The largest absolute Gasteiger partial charge is 0.456 e. The molecule has 0 radical (unpaired) electrons. The Morgan fingerprint density at radius 1 is 0.466 bits per heavy atom. The summed E-state index contributed by atoms with van der Waals surface area (Å²) in [6, 6.07) is 66.8. The third kappa shape index (κ3) is 5.28. The van der Waals surface area contributed by atoms with Crippen LogP contribution in [0.2, 0.25) is 0 Å². The molecule has 0 bridgehead atoms. The second-order valence-corrected chi connectivity index (χ2v) is 16.0. The van der Waals surface area contributed by atoms with Crippen molar-refractivity contribution in [2.24, 2.45) is 9.98 Å². The number of nitrogens with one attached hydrogen (secondary N) is 1. The summed E-state index contributed by atoms with van der Waals surface area (Å²) in [4.78, 5) is 10.6. The van der Waals surface area contributed by atoms with Crippen molar-refractivity contribution < 1.29 is 4.42 Å². The van der Waals surface area contributed by atoms with E-state index < -0.39 is 0 Å². The van der Waals surface area contributed by atoms with Crippen LogP contribution in [-0.4, -0.2) is 11.7 Å². The van der Waals surface area contributed by atoms with Crippen LogP contribution in [0.3, 0.4) is 0 Å². The van der Waals surface area contributed by atoms with E-state index in [1.54, 1.807) is 0 Å². The highest BCUT2D eigenvalue weighted by Crippen LogP contribution is 2.44. The van der Waals surface area contributed by atoms with Gasteiger partial charge in [-0.15, -0.1) is 11.3 Å². The Hall–Kier alpha value is -7.34. The molecule has 0 saturated carbocycles. The molecule has 1 unspecified atom stereocenters. The summed E-state index contributed by atoms with van der Waals surface area (Å²) in [5.41, 5.74) is 9.42. The molecule has 0 spiro atoms. The second kappa shape index (κ2) is 13.1. The predicted octanol–water partition coefficient (Wildman–Crippen LogP) is 14.1. The minimum Gasteiger partial charge on any atom is -0.456 e. The predicted molar refractivity (Wildman–Crippen MR) is 244 cm³/mol. The number of fused-ring (bicyclic) bond motifs is 8. The van der Waals surface area contributed by atoms with Crippen LogP contribution >= 0.6 is 11.3 Å². The molecule has 3 heterocycles. The first-order valence-electron chi connectivity index (χ1n) is 19.6. The molecule has 0 aliphatic carbocycles. The number of aliphatic imine (C=N–C) groups is 2. The van der Waals surface area contributed by atoms with Gasteiger partial charge in [0.2, 0.25) is 0 Å². The lowest BCUT2D eigenvalue weighted by Gasteiger charge is -2.25. The molecular formula is C53H33N3OS. The van der Waals surface area contributed by atoms with Crippen molar-refractivity contribution in [2.45, 2.75) is 6.17 Å². The van der Waals surface area contributed by atoms with Crippen molar-refractivity contribution >= 4 is 86.7 Å². The fraction of sp³-hybridized carbons (Fsp3) is 0.0189. The minimum atomic E-state index is -0.341. The van der Waals surface area contributed by atoms with Gasteiger partial charge in [-0.2, -0.15) is 0 Å². The van der Waals surface area contributed by atoms with Crippen molar-refractivity contribution in [3.8, 4) is 22.3 Å². The zero-order valence-corrected chi connectivity index (χ0v) is 32.0. The van der Waals surface area contributed by atoms with Crippen LogP contribution in [0.4, 0.5) is 0 Å². The topological polar surface area (TPSA) is 49.9 Å². The summed E-state index contributed by atoms with van der Waals surface area (Å²) in [7, 11) is 0. The molecule has 2 aromatic heterocycles. The smallest absolute Gasteiger partial charge is 0.159 e. The van der Waals surface area contributed by atoms with Gasteiger partial charge in [0.25, 0.3) is 0 Å². The highest BCUT2D eigenvalue weighted by atomic mass is 32.1. The Morgan fingerprint density at radius 3 is 1.93 bits per heavy atom. The lowest BCUT2D eigenvalue weighted by molar-refractivity contribution is 0.669. The Labute approximate surface area is 338 Å². The van der Waals surface area contributed by atoms with Gasteiger partial charge in [0, 0.05) is 47.6 Å².